The third-order valence-corrected chi connectivity index (χ3v) is 5.66. The zero-order valence-electron chi connectivity index (χ0n) is 12.9. The Balaban J connectivity index is 1.57. The highest BCUT2D eigenvalue weighted by atomic mass is 35.5. The van der Waals surface area contributed by atoms with Gasteiger partial charge in [0.05, 0.1) is 31.0 Å². The second-order valence-electron chi connectivity index (χ2n) is 5.36. The van der Waals surface area contributed by atoms with Crippen molar-refractivity contribution >= 4 is 21.6 Å². The Kier molecular flexibility index (Phi) is 4.88. The van der Waals surface area contributed by atoms with E-state index in [0.29, 0.717) is 31.3 Å². The smallest absolute Gasteiger partial charge is 0.243 e. The van der Waals surface area contributed by atoms with E-state index in [1.54, 1.807) is 18.2 Å². The van der Waals surface area contributed by atoms with Crippen molar-refractivity contribution < 1.29 is 17.9 Å². The Morgan fingerprint density at radius 1 is 1.33 bits per heavy atom. The molecular formula is C15H16ClN3O4S. The maximum atomic E-state index is 12.5. The summed E-state index contributed by atoms with van der Waals surface area (Å²) in [6, 6.07) is 6.44. The van der Waals surface area contributed by atoms with Crippen LogP contribution in [0.4, 0.5) is 0 Å². The van der Waals surface area contributed by atoms with Gasteiger partial charge in [0.2, 0.25) is 15.9 Å². The summed E-state index contributed by atoms with van der Waals surface area (Å²) in [5.41, 5.74) is 0. The molecule has 1 fully saturated rings. The lowest BCUT2D eigenvalue weighted by atomic mass is 10.1. The van der Waals surface area contributed by atoms with Gasteiger partial charge < -0.3 is 9.47 Å². The highest BCUT2D eigenvalue weighted by Gasteiger charge is 2.37. The first kappa shape index (κ1) is 16.9. The Morgan fingerprint density at radius 3 is 2.83 bits per heavy atom. The van der Waals surface area contributed by atoms with Crippen LogP contribution in [-0.2, 0) is 10.0 Å². The number of hydrogen-bond acceptors (Lipinski definition) is 6. The third kappa shape index (κ3) is 3.61. The standard InChI is InChI=1S/C15H16ClN3O4S/c1-22-12-3-2-4-13(5-12)24(20,21)19-8-11(9-19)10-23-15-7-17-6-14(16)18-15/h2-7,11H,8-10H2,1H3. The number of hydrogen-bond donors (Lipinski definition) is 0. The van der Waals surface area contributed by atoms with Crippen molar-refractivity contribution in [3.05, 3.63) is 41.8 Å². The van der Waals surface area contributed by atoms with Gasteiger partial charge in [-0.1, -0.05) is 17.7 Å². The molecule has 1 aromatic carbocycles. The first-order valence-electron chi connectivity index (χ1n) is 7.23. The molecule has 1 aromatic heterocycles. The van der Waals surface area contributed by atoms with Crippen LogP contribution in [-0.4, -0.2) is 49.5 Å². The lowest BCUT2D eigenvalue weighted by Crippen LogP contribution is -2.51. The van der Waals surface area contributed by atoms with Crippen LogP contribution >= 0.6 is 11.6 Å². The second kappa shape index (κ2) is 6.92. The average molecular weight is 370 g/mol. The molecule has 0 amide bonds. The molecule has 0 N–H and O–H groups in total. The molecule has 1 aliphatic heterocycles. The summed E-state index contributed by atoms with van der Waals surface area (Å²) < 4.78 is 37.1. The summed E-state index contributed by atoms with van der Waals surface area (Å²) in [4.78, 5) is 8.08. The van der Waals surface area contributed by atoms with E-state index in [1.165, 1.54) is 29.9 Å². The van der Waals surface area contributed by atoms with Crippen LogP contribution < -0.4 is 9.47 Å². The van der Waals surface area contributed by atoms with Crippen LogP contribution in [0.15, 0.2) is 41.6 Å². The monoisotopic (exact) mass is 369 g/mol. The van der Waals surface area contributed by atoms with Gasteiger partial charge in [-0.05, 0) is 12.1 Å². The highest BCUT2D eigenvalue weighted by molar-refractivity contribution is 7.89. The van der Waals surface area contributed by atoms with Crippen LogP contribution in [0.25, 0.3) is 0 Å². The third-order valence-electron chi connectivity index (χ3n) is 3.65. The first-order valence-corrected chi connectivity index (χ1v) is 9.05. The Hall–Kier alpha value is -1.90. The molecule has 3 rings (SSSR count). The van der Waals surface area contributed by atoms with Crippen LogP contribution in [0, 0.1) is 5.92 Å². The summed E-state index contributed by atoms with van der Waals surface area (Å²) in [5, 5.41) is 0.253. The molecule has 1 saturated heterocycles. The summed E-state index contributed by atoms with van der Waals surface area (Å²) in [5.74, 6) is 0.943. The molecule has 24 heavy (non-hydrogen) atoms. The van der Waals surface area contributed by atoms with Gasteiger partial charge in [0, 0.05) is 25.1 Å². The van der Waals surface area contributed by atoms with Crippen molar-refractivity contribution in [3.8, 4) is 11.6 Å². The molecule has 2 aromatic rings. The fourth-order valence-corrected chi connectivity index (χ4v) is 4.10. The summed E-state index contributed by atoms with van der Waals surface area (Å²) >= 11 is 5.73. The number of sulfonamides is 1. The quantitative estimate of drug-likeness (QED) is 0.772. The minimum Gasteiger partial charge on any atom is -0.497 e. The van der Waals surface area contributed by atoms with E-state index < -0.39 is 10.0 Å². The van der Waals surface area contributed by atoms with Gasteiger partial charge >= 0.3 is 0 Å². The number of benzene rings is 1. The molecule has 0 unspecified atom stereocenters. The molecule has 0 aliphatic carbocycles. The van der Waals surface area contributed by atoms with Gasteiger partial charge in [-0.25, -0.2) is 8.42 Å². The van der Waals surface area contributed by atoms with Crippen molar-refractivity contribution in [1.82, 2.24) is 14.3 Å². The molecule has 2 heterocycles. The van der Waals surface area contributed by atoms with Gasteiger partial charge in [-0.15, -0.1) is 0 Å². The highest BCUT2D eigenvalue weighted by Crippen LogP contribution is 2.27. The first-order chi connectivity index (χ1) is 11.5. The zero-order chi connectivity index (χ0) is 17.2. The minimum absolute atomic E-state index is 0.103. The van der Waals surface area contributed by atoms with Crippen LogP contribution in [0.5, 0.6) is 11.6 Å². The van der Waals surface area contributed by atoms with Gasteiger partial charge in [0.15, 0.2) is 5.15 Å². The SMILES string of the molecule is COc1cccc(S(=O)(=O)N2CC(COc3cncc(Cl)n3)C2)c1. The van der Waals surface area contributed by atoms with E-state index >= 15 is 0 Å². The number of halogens is 1. The molecule has 0 spiro atoms. The van der Waals surface area contributed by atoms with E-state index in [4.69, 9.17) is 21.1 Å². The lowest BCUT2D eigenvalue weighted by Gasteiger charge is -2.37. The number of methoxy groups -OCH3 is 1. The molecule has 0 bridgehead atoms. The summed E-state index contributed by atoms with van der Waals surface area (Å²) in [6.07, 6.45) is 2.88. The van der Waals surface area contributed by atoms with Gasteiger partial charge in [0.25, 0.3) is 0 Å². The van der Waals surface area contributed by atoms with Gasteiger partial charge in [-0.3, -0.25) is 4.98 Å². The fraction of sp³-hybridized carbons (Fsp3) is 0.333. The topological polar surface area (TPSA) is 81.6 Å². The minimum atomic E-state index is -3.51. The van der Waals surface area contributed by atoms with Crippen LogP contribution in [0.1, 0.15) is 0 Å². The van der Waals surface area contributed by atoms with Crippen LogP contribution in [0.3, 0.4) is 0 Å². The summed E-state index contributed by atoms with van der Waals surface area (Å²) in [7, 11) is -2.01. The number of ether oxygens (including phenoxy) is 2. The number of aromatic nitrogens is 2. The van der Waals surface area contributed by atoms with Crippen molar-refractivity contribution in [1.29, 1.82) is 0 Å². The van der Waals surface area contributed by atoms with Crippen molar-refractivity contribution in [2.75, 3.05) is 26.8 Å². The maximum absolute atomic E-state index is 12.5. The van der Waals surface area contributed by atoms with Crippen LogP contribution in [0.2, 0.25) is 5.15 Å². The van der Waals surface area contributed by atoms with E-state index in [1.807, 2.05) is 0 Å². The van der Waals surface area contributed by atoms with Crippen molar-refractivity contribution in [3.63, 3.8) is 0 Å². The molecule has 0 saturated carbocycles. The molecule has 128 valence electrons. The molecule has 1 aliphatic rings. The number of nitrogens with zero attached hydrogens (tertiary/aromatic N) is 3. The zero-order valence-corrected chi connectivity index (χ0v) is 14.5. The van der Waals surface area contributed by atoms with E-state index in [-0.39, 0.29) is 16.0 Å². The Morgan fingerprint density at radius 2 is 2.12 bits per heavy atom. The normalized spacial score (nSPS) is 15.8. The number of rotatable bonds is 6. The Labute approximate surface area is 145 Å². The van der Waals surface area contributed by atoms with E-state index in [9.17, 15) is 8.42 Å². The van der Waals surface area contributed by atoms with Gasteiger partial charge in [0.1, 0.15) is 5.75 Å². The molecule has 7 nitrogen and oxygen atoms in total. The average Bonchev–Trinajstić information content (AvgIpc) is 2.53. The van der Waals surface area contributed by atoms with Crippen molar-refractivity contribution in [2.24, 2.45) is 5.92 Å². The predicted molar refractivity (Wildman–Crippen MR) is 87.8 cm³/mol. The molecule has 9 heteroatoms. The predicted octanol–water partition coefficient (Wildman–Crippen LogP) is 1.84. The fourth-order valence-electron chi connectivity index (χ4n) is 2.33. The molecule has 0 radical (unpaired) electrons. The van der Waals surface area contributed by atoms with E-state index in [2.05, 4.69) is 9.97 Å². The maximum Gasteiger partial charge on any atom is 0.243 e. The molecule has 0 atom stereocenters. The lowest BCUT2D eigenvalue weighted by molar-refractivity contribution is 0.126. The van der Waals surface area contributed by atoms with Gasteiger partial charge in [-0.2, -0.15) is 9.29 Å². The van der Waals surface area contributed by atoms with E-state index in [0.717, 1.165) is 0 Å². The summed E-state index contributed by atoms with van der Waals surface area (Å²) in [6.45, 7) is 1.15. The molecular weight excluding hydrogens is 354 g/mol. The largest absolute Gasteiger partial charge is 0.497 e. The Bertz CT molecular complexity index is 825. The van der Waals surface area contributed by atoms with Crippen molar-refractivity contribution in [2.45, 2.75) is 4.90 Å². The second-order valence-corrected chi connectivity index (χ2v) is 7.68.